The first-order chi connectivity index (χ1) is 8.00. The number of rotatable bonds is 2. The number of halogens is 2. The molecule has 0 saturated carbocycles. The van der Waals surface area contributed by atoms with Crippen molar-refractivity contribution in [1.29, 1.82) is 0 Å². The third-order valence-corrected chi connectivity index (χ3v) is 3.54. The highest BCUT2D eigenvalue weighted by molar-refractivity contribution is 5.24. The van der Waals surface area contributed by atoms with E-state index in [1.54, 1.807) is 6.92 Å². The number of piperidine rings is 1. The van der Waals surface area contributed by atoms with Crippen molar-refractivity contribution < 1.29 is 13.9 Å². The molecule has 0 amide bonds. The monoisotopic (exact) mass is 241 g/mol. The van der Waals surface area contributed by atoms with Gasteiger partial charge in [-0.15, -0.1) is 0 Å². The Balaban J connectivity index is 2.29. The minimum atomic E-state index is -1.20. The molecule has 1 aliphatic rings. The molecular weight excluding hydrogens is 224 g/mol. The summed E-state index contributed by atoms with van der Waals surface area (Å²) < 4.78 is 26.3. The van der Waals surface area contributed by atoms with Crippen LogP contribution in [0.1, 0.15) is 25.3 Å². The maximum absolute atomic E-state index is 13.2. The van der Waals surface area contributed by atoms with Crippen molar-refractivity contribution >= 4 is 0 Å². The number of hydrogen-bond acceptors (Lipinski definition) is 2. The van der Waals surface area contributed by atoms with Gasteiger partial charge in [0.2, 0.25) is 0 Å². The van der Waals surface area contributed by atoms with Gasteiger partial charge >= 0.3 is 0 Å². The first kappa shape index (κ1) is 12.5. The molecule has 0 aliphatic carbocycles. The zero-order valence-corrected chi connectivity index (χ0v) is 9.84. The fourth-order valence-corrected chi connectivity index (χ4v) is 2.41. The number of hydrogen-bond donors (Lipinski definition) is 2. The molecule has 2 nitrogen and oxygen atoms in total. The van der Waals surface area contributed by atoms with Crippen molar-refractivity contribution in [3.8, 4) is 0 Å². The summed E-state index contributed by atoms with van der Waals surface area (Å²) in [5.74, 6) is -1.31. The molecule has 1 fully saturated rings. The van der Waals surface area contributed by atoms with Gasteiger partial charge < -0.3 is 10.4 Å². The summed E-state index contributed by atoms with van der Waals surface area (Å²) in [6, 6.07) is 3.23. The molecule has 0 aromatic heterocycles. The van der Waals surface area contributed by atoms with Crippen molar-refractivity contribution in [2.45, 2.75) is 25.4 Å². The molecule has 94 valence electrons. The molecule has 1 aromatic carbocycles. The molecule has 0 spiro atoms. The predicted octanol–water partition coefficient (Wildman–Crippen LogP) is 2.17. The Hall–Kier alpha value is -1.00. The number of benzene rings is 1. The normalized spacial score (nSPS) is 24.4. The molecule has 2 N–H and O–H groups in total. The van der Waals surface area contributed by atoms with Crippen LogP contribution in [0.3, 0.4) is 0 Å². The molecule has 0 bridgehead atoms. The van der Waals surface area contributed by atoms with E-state index >= 15 is 0 Å². The Morgan fingerprint density at radius 1 is 1.29 bits per heavy atom. The van der Waals surface area contributed by atoms with E-state index in [-0.39, 0.29) is 5.92 Å². The fourth-order valence-electron chi connectivity index (χ4n) is 2.41. The molecule has 1 heterocycles. The Morgan fingerprint density at radius 3 is 2.47 bits per heavy atom. The van der Waals surface area contributed by atoms with E-state index in [2.05, 4.69) is 5.32 Å². The minimum Gasteiger partial charge on any atom is -0.385 e. The van der Waals surface area contributed by atoms with Crippen molar-refractivity contribution in [3.63, 3.8) is 0 Å². The molecule has 1 saturated heterocycles. The number of nitrogens with one attached hydrogen (secondary N) is 1. The summed E-state index contributed by atoms with van der Waals surface area (Å²) in [5, 5.41) is 13.7. The van der Waals surface area contributed by atoms with Gasteiger partial charge in [-0.3, -0.25) is 0 Å². The van der Waals surface area contributed by atoms with Crippen molar-refractivity contribution in [3.05, 3.63) is 35.4 Å². The second kappa shape index (κ2) is 4.70. The van der Waals surface area contributed by atoms with E-state index in [4.69, 9.17) is 0 Å². The summed E-state index contributed by atoms with van der Waals surface area (Å²) >= 11 is 0. The molecule has 2 unspecified atom stereocenters. The van der Waals surface area contributed by atoms with Gasteiger partial charge in [0, 0.05) is 18.5 Å². The van der Waals surface area contributed by atoms with Gasteiger partial charge in [-0.1, -0.05) is 0 Å². The highest BCUT2D eigenvalue weighted by Crippen LogP contribution is 2.34. The summed E-state index contributed by atoms with van der Waals surface area (Å²) in [6.07, 6.45) is 1.83. The average molecular weight is 241 g/mol. The summed E-state index contributed by atoms with van der Waals surface area (Å²) in [4.78, 5) is 0. The maximum Gasteiger partial charge on any atom is 0.126 e. The van der Waals surface area contributed by atoms with Crippen molar-refractivity contribution in [2.24, 2.45) is 5.92 Å². The van der Waals surface area contributed by atoms with Crippen LogP contribution in [-0.2, 0) is 5.60 Å². The lowest BCUT2D eigenvalue weighted by Crippen LogP contribution is -2.42. The summed E-state index contributed by atoms with van der Waals surface area (Å²) in [6.45, 7) is 3.23. The van der Waals surface area contributed by atoms with Crippen LogP contribution in [0.2, 0.25) is 0 Å². The molecule has 0 radical (unpaired) electrons. The van der Waals surface area contributed by atoms with Crippen LogP contribution in [0.4, 0.5) is 8.78 Å². The zero-order chi connectivity index (χ0) is 12.5. The Morgan fingerprint density at radius 2 is 1.94 bits per heavy atom. The topological polar surface area (TPSA) is 32.3 Å². The Kier molecular flexibility index (Phi) is 3.45. The number of aliphatic hydroxyl groups is 1. The molecule has 2 atom stereocenters. The van der Waals surface area contributed by atoms with Gasteiger partial charge in [0.15, 0.2) is 0 Å². The van der Waals surface area contributed by atoms with E-state index in [0.29, 0.717) is 12.1 Å². The first-order valence-corrected chi connectivity index (χ1v) is 5.90. The van der Waals surface area contributed by atoms with E-state index in [1.165, 1.54) is 12.1 Å². The SMILES string of the molecule is CC(O)(c1cc(F)cc(F)c1)C1CCCNC1. The van der Waals surface area contributed by atoms with Crippen LogP contribution in [0, 0.1) is 17.6 Å². The van der Waals surface area contributed by atoms with E-state index < -0.39 is 17.2 Å². The molecular formula is C13H17F2NO. The second-order valence-corrected chi connectivity index (χ2v) is 4.85. The lowest BCUT2D eigenvalue weighted by molar-refractivity contribution is -0.0161. The van der Waals surface area contributed by atoms with Gasteiger partial charge in [-0.2, -0.15) is 0 Å². The van der Waals surface area contributed by atoms with Crippen molar-refractivity contribution in [1.82, 2.24) is 5.32 Å². The van der Waals surface area contributed by atoms with E-state index in [0.717, 1.165) is 25.5 Å². The highest BCUT2D eigenvalue weighted by Gasteiger charge is 2.35. The lowest BCUT2D eigenvalue weighted by atomic mass is 9.79. The molecule has 1 aliphatic heterocycles. The van der Waals surface area contributed by atoms with Crippen LogP contribution >= 0.6 is 0 Å². The van der Waals surface area contributed by atoms with Crippen LogP contribution < -0.4 is 5.32 Å². The highest BCUT2D eigenvalue weighted by atomic mass is 19.1. The maximum atomic E-state index is 13.2. The first-order valence-electron chi connectivity index (χ1n) is 5.90. The van der Waals surface area contributed by atoms with Crippen LogP contribution in [-0.4, -0.2) is 18.2 Å². The molecule has 17 heavy (non-hydrogen) atoms. The lowest BCUT2D eigenvalue weighted by Gasteiger charge is -2.36. The average Bonchev–Trinajstić information content (AvgIpc) is 2.29. The summed E-state index contributed by atoms with van der Waals surface area (Å²) in [7, 11) is 0. The van der Waals surface area contributed by atoms with E-state index in [9.17, 15) is 13.9 Å². The van der Waals surface area contributed by atoms with Crippen LogP contribution in [0.15, 0.2) is 18.2 Å². The largest absolute Gasteiger partial charge is 0.385 e. The van der Waals surface area contributed by atoms with E-state index in [1.807, 2.05) is 0 Å². The van der Waals surface area contributed by atoms with Gasteiger partial charge in [0.25, 0.3) is 0 Å². The smallest absolute Gasteiger partial charge is 0.126 e. The standard InChI is InChI=1S/C13H17F2NO/c1-13(17,9-3-2-4-16-8-9)10-5-11(14)7-12(15)6-10/h5-7,9,16-17H,2-4,8H2,1H3. The minimum absolute atomic E-state index is 0.0163. The van der Waals surface area contributed by atoms with Crippen LogP contribution in [0.5, 0.6) is 0 Å². The van der Waals surface area contributed by atoms with Gasteiger partial charge in [-0.05, 0) is 44.0 Å². The van der Waals surface area contributed by atoms with Gasteiger partial charge in [0.05, 0.1) is 5.60 Å². The summed E-state index contributed by atoms with van der Waals surface area (Å²) in [5.41, 5.74) is -0.889. The molecule has 2 rings (SSSR count). The predicted molar refractivity (Wildman–Crippen MR) is 61.5 cm³/mol. The molecule has 1 aromatic rings. The third kappa shape index (κ3) is 2.64. The van der Waals surface area contributed by atoms with Gasteiger partial charge in [0.1, 0.15) is 11.6 Å². The third-order valence-electron chi connectivity index (χ3n) is 3.54. The molecule has 4 heteroatoms. The second-order valence-electron chi connectivity index (χ2n) is 4.85. The zero-order valence-electron chi connectivity index (χ0n) is 9.84. The van der Waals surface area contributed by atoms with Crippen molar-refractivity contribution in [2.75, 3.05) is 13.1 Å². The fraction of sp³-hybridized carbons (Fsp3) is 0.538. The van der Waals surface area contributed by atoms with Gasteiger partial charge in [-0.25, -0.2) is 8.78 Å². The van der Waals surface area contributed by atoms with Crippen LogP contribution in [0.25, 0.3) is 0 Å². The quantitative estimate of drug-likeness (QED) is 0.831. The Labute approximate surface area is 99.7 Å². The Bertz CT molecular complexity index is 380.